The van der Waals surface area contributed by atoms with Gasteiger partial charge in [-0.05, 0) is 30.2 Å². The van der Waals surface area contributed by atoms with Crippen LogP contribution in [-0.2, 0) is 11.2 Å². The van der Waals surface area contributed by atoms with Gasteiger partial charge in [-0.2, -0.15) is 0 Å². The normalized spacial score (nSPS) is 19.5. The number of aliphatic carboxylic acids is 1. The smallest absolute Gasteiger partial charge is 0.320 e. The van der Waals surface area contributed by atoms with Crippen LogP contribution in [0.4, 0.5) is 0 Å². The number of thioether (sulfide) groups is 1. The maximum atomic E-state index is 10.7. The SMILES string of the molecule is CSC1=CCC(c2ccc(C[C@H](N)C(=O)O)cc2)C=C1. The summed E-state index contributed by atoms with van der Waals surface area (Å²) in [4.78, 5) is 12.0. The third kappa shape index (κ3) is 3.74. The van der Waals surface area contributed by atoms with E-state index in [1.165, 1.54) is 10.5 Å². The standard InChI is InChI=1S/C16H19NO2S/c1-20-14-8-6-13(7-9-14)12-4-2-11(3-5-12)10-15(17)16(18)19/h2-6,8-9,13,15H,7,10,17H2,1H3,(H,18,19)/t13?,15-/m0/s1. The zero-order chi connectivity index (χ0) is 14.5. The fraction of sp³-hybridized carbons (Fsp3) is 0.312. The third-order valence-electron chi connectivity index (χ3n) is 3.48. The monoisotopic (exact) mass is 289 g/mol. The molecule has 20 heavy (non-hydrogen) atoms. The predicted octanol–water partition coefficient (Wildman–Crippen LogP) is 2.93. The molecule has 1 unspecified atom stereocenters. The Morgan fingerprint density at radius 3 is 2.65 bits per heavy atom. The van der Waals surface area contributed by atoms with Gasteiger partial charge in [0.05, 0.1) is 0 Å². The summed E-state index contributed by atoms with van der Waals surface area (Å²) >= 11 is 1.76. The van der Waals surface area contributed by atoms with Gasteiger partial charge in [-0.25, -0.2) is 0 Å². The fourth-order valence-electron chi connectivity index (χ4n) is 2.24. The number of carboxylic acid groups (broad SMARTS) is 1. The lowest BCUT2D eigenvalue weighted by Gasteiger charge is -2.16. The molecule has 0 radical (unpaired) electrons. The van der Waals surface area contributed by atoms with Gasteiger partial charge in [0.1, 0.15) is 6.04 Å². The first-order valence-electron chi connectivity index (χ1n) is 6.59. The number of rotatable bonds is 5. The first-order valence-corrected chi connectivity index (χ1v) is 7.82. The Bertz CT molecular complexity index is 534. The molecule has 0 aliphatic heterocycles. The minimum Gasteiger partial charge on any atom is -0.480 e. The molecule has 1 aromatic carbocycles. The molecule has 1 aliphatic carbocycles. The summed E-state index contributed by atoms with van der Waals surface area (Å²) in [6.07, 6.45) is 10.1. The highest BCUT2D eigenvalue weighted by atomic mass is 32.2. The minimum absolute atomic E-state index is 0.368. The Morgan fingerprint density at radius 1 is 1.45 bits per heavy atom. The van der Waals surface area contributed by atoms with E-state index in [9.17, 15) is 4.79 Å². The van der Waals surface area contributed by atoms with Crippen molar-refractivity contribution in [1.29, 1.82) is 0 Å². The van der Waals surface area contributed by atoms with E-state index in [1.54, 1.807) is 11.8 Å². The van der Waals surface area contributed by atoms with Crippen molar-refractivity contribution in [2.75, 3.05) is 6.26 Å². The van der Waals surface area contributed by atoms with E-state index in [0.29, 0.717) is 12.3 Å². The number of hydrogen-bond acceptors (Lipinski definition) is 3. The molecule has 0 aromatic heterocycles. The van der Waals surface area contributed by atoms with Crippen LogP contribution in [-0.4, -0.2) is 23.4 Å². The highest BCUT2D eigenvalue weighted by Crippen LogP contribution is 2.30. The molecular formula is C16H19NO2S. The van der Waals surface area contributed by atoms with E-state index in [-0.39, 0.29) is 0 Å². The average molecular weight is 289 g/mol. The van der Waals surface area contributed by atoms with Gasteiger partial charge in [-0.1, -0.05) is 42.5 Å². The number of carbonyl (C=O) groups is 1. The molecule has 0 spiro atoms. The van der Waals surface area contributed by atoms with Gasteiger partial charge in [-0.3, -0.25) is 4.79 Å². The highest BCUT2D eigenvalue weighted by molar-refractivity contribution is 8.02. The van der Waals surface area contributed by atoms with Crippen molar-refractivity contribution >= 4 is 17.7 Å². The number of allylic oxidation sites excluding steroid dienone is 3. The third-order valence-corrected chi connectivity index (χ3v) is 4.26. The van der Waals surface area contributed by atoms with E-state index in [4.69, 9.17) is 10.8 Å². The second kappa shape index (κ2) is 6.77. The molecule has 0 heterocycles. The minimum atomic E-state index is -0.959. The zero-order valence-corrected chi connectivity index (χ0v) is 12.3. The van der Waals surface area contributed by atoms with E-state index in [0.717, 1.165) is 12.0 Å². The van der Waals surface area contributed by atoms with Crippen LogP contribution in [0, 0.1) is 0 Å². The van der Waals surface area contributed by atoms with E-state index < -0.39 is 12.0 Å². The molecule has 0 fully saturated rings. The van der Waals surface area contributed by atoms with E-state index >= 15 is 0 Å². The fourth-order valence-corrected chi connectivity index (χ4v) is 2.72. The molecule has 1 aromatic rings. The summed E-state index contributed by atoms with van der Waals surface area (Å²) in [6, 6.07) is 7.25. The van der Waals surface area contributed by atoms with Gasteiger partial charge in [0.25, 0.3) is 0 Å². The van der Waals surface area contributed by atoms with Crippen LogP contribution in [0.25, 0.3) is 0 Å². The summed E-state index contributed by atoms with van der Waals surface area (Å²) in [7, 11) is 0. The molecule has 4 heteroatoms. The van der Waals surface area contributed by atoms with E-state index in [2.05, 4.69) is 36.6 Å². The largest absolute Gasteiger partial charge is 0.480 e. The Morgan fingerprint density at radius 2 is 2.15 bits per heavy atom. The van der Waals surface area contributed by atoms with Crippen LogP contribution < -0.4 is 5.73 Å². The number of nitrogens with two attached hydrogens (primary N) is 1. The number of benzene rings is 1. The molecule has 0 amide bonds. The predicted molar refractivity (Wildman–Crippen MR) is 83.9 cm³/mol. The molecule has 2 atom stereocenters. The van der Waals surface area contributed by atoms with Gasteiger partial charge in [0, 0.05) is 10.8 Å². The van der Waals surface area contributed by atoms with Crippen molar-refractivity contribution in [3.8, 4) is 0 Å². The molecule has 2 rings (SSSR count). The molecule has 0 bridgehead atoms. The van der Waals surface area contributed by atoms with Crippen molar-refractivity contribution in [3.05, 3.63) is 58.5 Å². The zero-order valence-electron chi connectivity index (χ0n) is 11.5. The van der Waals surface area contributed by atoms with Gasteiger partial charge in [0.2, 0.25) is 0 Å². The Balaban J connectivity index is 2.01. The van der Waals surface area contributed by atoms with Crippen LogP contribution in [0.1, 0.15) is 23.5 Å². The molecule has 0 saturated carbocycles. The van der Waals surface area contributed by atoms with Gasteiger partial charge >= 0.3 is 5.97 Å². The second-order valence-electron chi connectivity index (χ2n) is 4.90. The summed E-state index contributed by atoms with van der Waals surface area (Å²) in [6.45, 7) is 0. The summed E-state index contributed by atoms with van der Waals surface area (Å²) in [5, 5.41) is 8.81. The molecular weight excluding hydrogens is 270 g/mol. The molecule has 1 aliphatic rings. The van der Waals surface area contributed by atoms with Crippen molar-refractivity contribution in [2.24, 2.45) is 5.73 Å². The van der Waals surface area contributed by atoms with Crippen LogP contribution in [0.3, 0.4) is 0 Å². The second-order valence-corrected chi connectivity index (χ2v) is 5.78. The number of hydrogen-bond donors (Lipinski definition) is 2. The van der Waals surface area contributed by atoms with Crippen LogP contribution >= 0.6 is 11.8 Å². The van der Waals surface area contributed by atoms with Gasteiger partial charge < -0.3 is 10.8 Å². The van der Waals surface area contributed by atoms with Crippen LogP contribution in [0.2, 0.25) is 0 Å². The van der Waals surface area contributed by atoms with E-state index in [1.807, 2.05) is 12.1 Å². The lowest BCUT2D eigenvalue weighted by molar-refractivity contribution is -0.138. The number of carboxylic acids is 1. The maximum absolute atomic E-state index is 10.7. The molecule has 106 valence electrons. The Labute approximate surface area is 123 Å². The first kappa shape index (κ1) is 14.9. The van der Waals surface area contributed by atoms with Crippen molar-refractivity contribution < 1.29 is 9.90 Å². The lowest BCUT2D eigenvalue weighted by Crippen LogP contribution is -2.32. The topological polar surface area (TPSA) is 63.3 Å². The van der Waals surface area contributed by atoms with Gasteiger partial charge in [0.15, 0.2) is 0 Å². The molecule has 3 nitrogen and oxygen atoms in total. The highest BCUT2D eigenvalue weighted by Gasteiger charge is 2.14. The van der Waals surface area contributed by atoms with Crippen LogP contribution in [0.15, 0.2) is 47.4 Å². The lowest BCUT2D eigenvalue weighted by atomic mass is 9.91. The average Bonchev–Trinajstić information content (AvgIpc) is 2.48. The maximum Gasteiger partial charge on any atom is 0.320 e. The molecule has 3 N–H and O–H groups in total. The summed E-state index contributed by atoms with van der Waals surface area (Å²) < 4.78 is 0. The van der Waals surface area contributed by atoms with Gasteiger partial charge in [-0.15, -0.1) is 11.8 Å². The molecule has 0 saturated heterocycles. The van der Waals surface area contributed by atoms with Crippen molar-refractivity contribution in [2.45, 2.75) is 24.8 Å². The first-order chi connectivity index (χ1) is 9.60. The summed E-state index contributed by atoms with van der Waals surface area (Å²) in [5.74, 6) is -0.549. The summed E-state index contributed by atoms with van der Waals surface area (Å²) in [5.41, 5.74) is 7.76. The van der Waals surface area contributed by atoms with Crippen molar-refractivity contribution in [1.82, 2.24) is 0 Å². The Hall–Kier alpha value is -1.52. The van der Waals surface area contributed by atoms with Crippen molar-refractivity contribution in [3.63, 3.8) is 0 Å². The quantitative estimate of drug-likeness (QED) is 0.875. The van der Waals surface area contributed by atoms with Crippen LogP contribution in [0.5, 0.6) is 0 Å². The Kier molecular flexibility index (Phi) is 5.04.